The number of likely N-dealkylation sites (N-methyl/N-ethyl adjacent to an activating group) is 1. The van der Waals surface area contributed by atoms with Crippen LogP contribution in [-0.2, 0) is 4.79 Å². The second-order valence-electron chi connectivity index (χ2n) is 4.86. The van der Waals surface area contributed by atoms with Gasteiger partial charge in [0.2, 0.25) is 5.91 Å². The van der Waals surface area contributed by atoms with E-state index in [1.54, 1.807) is 4.90 Å². The molecule has 0 aromatic heterocycles. The molecule has 19 heavy (non-hydrogen) atoms. The predicted octanol–water partition coefficient (Wildman–Crippen LogP) is 1.90. The average Bonchev–Trinajstić information content (AvgIpc) is 2.45. The lowest BCUT2D eigenvalue weighted by atomic mass is 10.1. The minimum atomic E-state index is 0.150. The first-order valence-electron chi connectivity index (χ1n) is 6.75. The van der Waals surface area contributed by atoms with E-state index in [2.05, 4.69) is 6.92 Å². The van der Waals surface area contributed by atoms with E-state index >= 15 is 0 Å². The average molecular weight is 264 g/mol. The van der Waals surface area contributed by atoms with Crippen LogP contribution >= 0.6 is 0 Å². The van der Waals surface area contributed by atoms with E-state index < -0.39 is 0 Å². The Morgan fingerprint density at radius 2 is 2.05 bits per heavy atom. The number of hydrogen-bond donors (Lipinski definition) is 1. The van der Waals surface area contributed by atoms with Gasteiger partial charge >= 0.3 is 0 Å². The second kappa shape index (κ2) is 8.53. The zero-order valence-corrected chi connectivity index (χ0v) is 11.8. The van der Waals surface area contributed by atoms with Gasteiger partial charge in [0.15, 0.2) is 0 Å². The van der Waals surface area contributed by atoms with Gasteiger partial charge in [0.25, 0.3) is 0 Å². The van der Waals surface area contributed by atoms with Gasteiger partial charge in [0.1, 0.15) is 12.4 Å². The molecule has 1 rings (SSSR count). The summed E-state index contributed by atoms with van der Waals surface area (Å²) in [7, 11) is 1.81. The number of nitrogens with zero attached hydrogens (tertiary/aromatic N) is 1. The van der Waals surface area contributed by atoms with E-state index in [0.717, 1.165) is 12.2 Å². The molecule has 106 valence electrons. The number of ether oxygens (including phenoxy) is 1. The molecule has 0 saturated heterocycles. The summed E-state index contributed by atoms with van der Waals surface area (Å²) in [6, 6.07) is 9.62. The quantitative estimate of drug-likeness (QED) is 0.780. The van der Waals surface area contributed by atoms with E-state index in [4.69, 9.17) is 10.5 Å². The fourth-order valence-electron chi connectivity index (χ4n) is 1.62. The zero-order valence-electron chi connectivity index (χ0n) is 11.8. The van der Waals surface area contributed by atoms with Crippen molar-refractivity contribution in [3.63, 3.8) is 0 Å². The van der Waals surface area contributed by atoms with Crippen LogP contribution in [-0.4, -0.2) is 37.6 Å². The highest BCUT2D eigenvalue weighted by atomic mass is 16.5. The van der Waals surface area contributed by atoms with Crippen molar-refractivity contribution in [2.45, 2.75) is 19.8 Å². The van der Waals surface area contributed by atoms with Crippen LogP contribution in [0.15, 0.2) is 30.3 Å². The van der Waals surface area contributed by atoms with Crippen molar-refractivity contribution >= 4 is 5.91 Å². The first kappa shape index (κ1) is 15.5. The molecule has 0 aliphatic heterocycles. The van der Waals surface area contributed by atoms with Gasteiger partial charge in [-0.25, -0.2) is 0 Å². The Balaban J connectivity index is 2.19. The molecular formula is C15H24N2O2. The van der Waals surface area contributed by atoms with Crippen molar-refractivity contribution < 1.29 is 9.53 Å². The van der Waals surface area contributed by atoms with Crippen LogP contribution in [0.5, 0.6) is 5.75 Å². The summed E-state index contributed by atoms with van der Waals surface area (Å²) in [5.74, 6) is 1.38. The third-order valence-electron chi connectivity index (χ3n) is 3.12. The molecule has 0 bridgehead atoms. The third-order valence-corrected chi connectivity index (χ3v) is 3.12. The smallest absolute Gasteiger partial charge is 0.222 e. The van der Waals surface area contributed by atoms with Crippen molar-refractivity contribution in [3.8, 4) is 5.75 Å². The largest absolute Gasteiger partial charge is 0.492 e. The minimum Gasteiger partial charge on any atom is -0.492 e. The maximum absolute atomic E-state index is 11.8. The van der Waals surface area contributed by atoms with Crippen LogP contribution in [0, 0.1) is 5.92 Å². The number of rotatable bonds is 8. The van der Waals surface area contributed by atoms with Gasteiger partial charge < -0.3 is 15.4 Å². The lowest BCUT2D eigenvalue weighted by Crippen LogP contribution is -2.31. The maximum atomic E-state index is 11.8. The van der Waals surface area contributed by atoms with Gasteiger partial charge in [0, 0.05) is 13.5 Å². The fraction of sp³-hybridized carbons (Fsp3) is 0.533. The maximum Gasteiger partial charge on any atom is 0.222 e. The van der Waals surface area contributed by atoms with E-state index in [9.17, 15) is 4.79 Å². The van der Waals surface area contributed by atoms with Gasteiger partial charge in [-0.2, -0.15) is 0 Å². The lowest BCUT2D eigenvalue weighted by Gasteiger charge is -2.18. The first-order chi connectivity index (χ1) is 9.13. The fourth-order valence-corrected chi connectivity index (χ4v) is 1.62. The Hall–Kier alpha value is -1.55. The molecule has 1 aromatic rings. The Kier molecular flexibility index (Phi) is 6.97. The number of para-hydroxylation sites is 1. The van der Waals surface area contributed by atoms with Crippen molar-refractivity contribution in [1.82, 2.24) is 4.90 Å². The van der Waals surface area contributed by atoms with Crippen molar-refractivity contribution in [2.24, 2.45) is 11.7 Å². The Morgan fingerprint density at radius 1 is 1.37 bits per heavy atom. The molecule has 4 heteroatoms. The van der Waals surface area contributed by atoms with Crippen LogP contribution < -0.4 is 10.5 Å². The second-order valence-corrected chi connectivity index (χ2v) is 4.86. The highest BCUT2D eigenvalue weighted by Crippen LogP contribution is 2.08. The molecule has 0 heterocycles. The van der Waals surface area contributed by atoms with Crippen LogP contribution in [0.4, 0.5) is 0 Å². The van der Waals surface area contributed by atoms with Crippen LogP contribution in [0.1, 0.15) is 19.8 Å². The minimum absolute atomic E-state index is 0.150. The van der Waals surface area contributed by atoms with Gasteiger partial charge in [-0.1, -0.05) is 25.1 Å². The van der Waals surface area contributed by atoms with Gasteiger partial charge in [0.05, 0.1) is 6.54 Å². The highest BCUT2D eigenvalue weighted by Gasteiger charge is 2.10. The van der Waals surface area contributed by atoms with E-state index in [-0.39, 0.29) is 5.91 Å². The molecule has 0 saturated carbocycles. The highest BCUT2D eigenvalue weighted by molar-refractivity contribution is 5.75. The van der Waals surface area contributed by atoms with E-state index in [1.807, 2.05) is 37.4 Å². The lowest BCUT2D eigenvalue weighted by molar-refractivity contribution is -0.130. The molecule has 4 nitrogen and oxygen atoms in total. The molecule has 1 aromatic carbocycles. The summed E-state index contributed by atoms with van der Waals surface area (Å²) < 4.78 is 5.56. The molecule has 1 amide bonds. The first-order valence-corrected chi connectivity index (χ1v) is 6.75. The molecule has 0 aliphatic rings. The SMILES string of the molecule is CC(CN)CCC(=O)N(C)CCOc1ccccc1. The van der Waals surface area contributed by atoms with Crippen molar-refractivity contribution in [1.29, 1.82) is 0 Å². The summed E-state index contributed by atoms with van der Waals surface area (Å²) in [5, 5.41) is 0. The molecular weight excluding hydrogens is 240 g/mol. The molecule has 1 atom stereocenters. The number of amides is 1. The van der Waals surface area contributed by atoms with Crippen LogP contribution in [0.25, 0.3) is 0 Å². The number of hydrogen-bond acceptors (Lipinski definition) is 3. The van der Waals surface area contributed by atoms with Gasteiger partial charge in [-0.05, 0) is 31.0 Å². The molecule has 1 unspecified atom stereocenters. The number of carbonyl (C=O) groups excluding carboxylic acids is 1. The summed E-state index contributed by atoms with van der Waals surface area (Å²) in [6.07, 6.45) is 1.40. The Bertz CT molecular complexity index is 368. The normalized spacial score (nSPS) is 11.9. The zero-order chi connectivity index (χ0) is 14.1. The molecule has 2 N–H and O–H groups in total. The summed E-state index contributed by atoms with van der Waals surface area (Å²) in [4.78, 5) is 13.5. The molecule has 0 aliphatic carbocycles. The molecule has 0 radical (unpaired) electrons. The van der Waals surface area contributed by atoms with Gasteiger partial charge in [-0.15, -0.1) is 0 Å². The van der Waals surface area contributed by atoms with E-state index in [1.165, 1.54) is 0 Å². The third kappa shape index (κ3) is 6.25. The summed E-state index contributed by atoms with van der Waals surface area (Å²) in [5.41, 5.74) is 5.53. The number of nitrogens with two attached hydrogens (primary N) is 1. The monoisotopic (exact) mass is 264 g/mol. The topological polar surface area (TPSA) is 55.6 Å². The molecule has 0 fully saturated rings. The van der Waals surface area contributed by atoms with Crippen molar-refractivity contribution in [2.75, 3.05) is 26.7 Å². The summed E-state index contributed by atoms with van der Waals surface area (Å²) in [6.45, 7) is 3.81. The number of carbonyl (C=O) groups is 1. The summed E-state index contributed by atoms with van der Waals surface area (Å²) >= 11 is 0. The Labute approximate surface area is 115 Å². The molecule has 0 spiro atoms. The van der Waals surface area contributed by atoms with Crippen molar-refractivity contribution in [3.05, 3.63) is 30.3 Å². The Morgan fingerprint density at radius 3 is 2.68 bits per heavy atom. The van der Waals surface area contributed by atoms with Crippen LogP contribution in [0.3, 0.4) is 0 Å². The van der Waals surface area contributed by atoms with Gasteiger partial charge in [-0.3, -0.25) is 4.79 Å². The van der Waals surface area contributed by atoms with Crippen LogP contribution in [0.2, 0.25) is 0 Å². The van der Waals surface area contributed by atoms with E-state index in [0.29, 0.717) is 32.0 Å². The standard InChI is InChI=1S/C15H24N2O2/c1-13(12-16)8-9-15(18)17(2)10-11-19-14-6-4-3-5-7-14/h3-7,13H,8-12,16H2,1-2H3. The predicted molar refractivity (Wildman–Crippen MR) is 77.0 cm³/mol. The number of benzene rings is 1.